The summed E-state index contributed by atoms with van der Waals surface area (Å²) in [6.07, 6.45) is -4.31. The van der Waals surface area contributed by atoms with Crippen molar-refractivity contribution in [3.8, 4) is 0 Å². The van der Waals surface area contributed by atoms with Crippen LogP contribution in [0.25, 0.3) is 10.1 Å². The Labute approximate surface area is 85.4 Å². The number of alkyl halides is 3. The molecule has 1 atom stereocenters. The molecule has 0 spiro atoms. The molecule has 1 aromatic heterocycles. The Hall–Kier alpha value is -0.740. The maximum atomic E-state index is 12.5. The molecule has 0 aliphatic rings. The molecule has 74 valence electrons. The summed E-state index contributed by atoms with van der Waals surface area (Å²) in [5.41, 5.74) is -0.619. The van der Waals surface area contributed by atoms with E-state index in [1.807, 2.05) is 0 Å². The molecule has 0 radical (unpaired) electrons. The number of hydrogen-bond acceptors (Lipinski definition) is 0. The lowest BCUT2D eigenvalue weighted by molar-refractivity contribution is -0.136. The van der Waals surface area contributed by atoms with Gasteiger partial charge >= 0.3 is 6.18 Å². The SMILES string of the molecule is FC(F)(F)c1c[s+](Cl)c2ccccc12. The highest BCUT2D eigenvalue weighted by atomic mass is 35.7. The van der Waals surface area contributed by atoms with Gasteiger partial charge in [-0.2, -0.15) is 13.2 Å². The second kappa shape index (κ2) is 3.14. The van der Waals surface area contributed by atoms with E-state index in [1.165, 1.54) is 6.07 Å². The molecule has 0 aliphatic carbocycles. The van der Waals surface area contributed by atoms with Crippen LogP contribution in [0.15, 0.2) is 29.6 Å². The lowest BCUT2D eigenvalue weighted by Crippen LogP contribution is -2.02. The van der Waals surface area contributed by atoms with Crippen molar-refractivity contribution >= 4 is 30.5 Å². The summed E-state index contributed by atoms with van der Waals surface area (Å²) in [5, 5.41) is 1.28. The van der Waals surface area contributed by atoms with E-state index in [9.17, 15) is 13.2 Å². The summed E-state index contributed by atoms with van der Waals surface area (Å²) in [5.74, 6) is 0. The van der Waals surface area contributed by atoms with Gasteiger partial charge in [-0.1, -0.05) is 12.1 Å². The van der Waals surface area contributed by atoms with Gasteiger partial charge in [0.2, 0.25) is 15.4 Å². The van der Waals surface area contributed by atoms with Crippen LogP contribution < -0.4 is 0 Å². The highest BCUT2D eigenvalue weighted by molar-refractivity contribution is 7.65. The Morgan fingerprint density at radius 2 is 1.79 bits per heavy atom. The van der Waals surface area contributed by atoms with Crippen molar-refractivity contribution in [2.24, 2.45) is 0 Å². The third kappa shape index (κ3) is 1.48. The molecule has 5 heteroatoms. The van der Waals surface area contributed by atoms with Gasteiger partial charge < -0.3 is 0 Å². The summed E-state index contributed by atoms with van der Waals surface area (Å²) in [7, 11) is 4.86. The molecule has 0 aliphatic heterocycles. The van der Waals surface area contributed by atoms with Crippen molar-refractivity contribution < 1.29 is 13.2 Å². The van der Waals surface area contributed by atoms with Gasteiger partial charge in [0, 0.05) is 6.07 Å². The fraction of sp³-hybridized carbons (Fsp3) is 0.111. The van der Waals surface area contributed by atoms with E-state index < -0.39 is 21.4 Å². The monoisotopic (exact) mass is 237 g/mol. The first kappa shape index (κ1) is 9.80. The molecule has 14 heavy (non-hydrogen) atoms. The Kier molecular flexibility index (Phi) is 2.20. The van der Waals surface area contributed by atoms with Crippen molar-refractivity contribution in [3.63, 3.8) is 0 Å². The van der Waals surface area contributed by atoms with Crippen molar-refractivity contribution in [1.82, 2.24) is 0 Å². The Bertz CT molecular complexity index is 472. The second-order valence-electron chi connectivity index (χ2n) is 2.81. The number of benzene rings is 1. The Morgan fingerprint density at radius 1 is 1.14 bits per heavy atom. The molecule has 1 aromatic carbocycles. The third-order valence-corrected chi connectivity index (χ3v) is 3.90. The summed E-state index contributed by atoms with van der Waals surface area (Å²) in [6.45, 7) is 0. The largest absolute Gasteiger partial charge is 0.421 e. The van der Waals surface area contributed by atoms with Crippen LogP contribution in [-0.2, 0) is 6.18 Å². The van der Waals surface area contributed by atoms with Gasteiger partial charge in [0.1, 0.15) is 15.2 Å². The van der Waals surface area contributed by atoms with Crippen LogP contribution in [0, 0.1) is 0 Å². The third-order valence-electron chi connectivity index (χ3n) is 1.91. The van der Waals surface area contributed by atoms with Crippen LogP contribution in [0.3, 0.4) is 0 Å². The van der Waals surface area contributed by atoms with Crippen LogP contribution >= 0.6 is 20.4 Å². The van der Waals surface area contributed by atoms with Gasteiger partial charge in [-0.15, -0.1) is 0 Å². The average Bonchev–Trinajstić information content (AvgIpc) is 2.44. The van der Waals surface area contributed by atoms with Crippen molar-refractivity contribution in [3.05, 3.63) is 35.2 Å². The number of hydrogen-bond donors (Lipinski definition) is 0. The van der Waals surface area contributed by atoms with Gasteiger partial charge in [0.15, 0.2) is 5.38 Å². The second-order valence-corrected chi connectivity index (χ2v) is 5.05. The minimum atomic E-state index is -4.31. The minimum absolute atomic E-state index is 0.207. The quantitative estimate of drug-likeness (QED) is 0.587. The molecule has 0 nitrogen and oxygen atoms in total. The first-order chi connectivity index (χ1) is 6.50. The summed E-state index contributed by atoms with van der Waals surface area (Å²) in [4.78, 5) is 0. The molecule has 0 amide bonds. The lowest BCUT2D eigenvalue weighted by atomic mass is 10.2. The molecule has 0 bridgehead atoms. The topological polar surface area (TPSA) is 0 Å². The summed E-state index contributed by atoms with van der Waals surface area (Å²) < 4.78 is 38.0. The van der Waals surface area contributed by atoms with Crippen LogP contribution in [-0.4, -0.2) is 0 Å². The van der Waals surface area contributed by atoms with E-state index in [2.05, 4.69) is 0 Å². The van der Waals surface area contributed by atoms with Crippen molar-refractivity contribution in [2.75, 3.05) is 0 Å². The maximum absolute atomic E-state index is 12.5. The van der Waals surface area contributed by atoms with Gasteiger partial charge in [0.25, 0.3) is 0 Å². The predicted molar refractivity (Wildman–Crippen MR) is 52.7 cm³/mol. The van der Waals surface area contributed by atoms with Gasteiger partial charge in [-0.05, 0) is 6.07 Å². The van der Waals surface area contributed by atoms with Crippen LogP contribution in [0.4, 0.5) is 13.2 Å². The van der Waals surface area contributed by atoms with Crippen molar-refractivity contribution in [2.45, 2.75) is 6.18 Å². The molecule has 0 fully saturated rings. The van der Waals surface area contributed by atoms with Crippen molar-refractivity contribution in [1.29, 1.82) is 0 Å². The normalized spacial score (nSPS) is 13.6. The average molecular weight is 238 g/mol. The zero-order valence-electron chi connectivity index (χ0n) is 6.81. The molecular formula is C9H5ClF3S+. The van der Waals surface area contributed by atoms with E-state index in [1.54, 1.807) is 18.2 Å². The Balaban J connectivity index is 2.80. The first-order valence-corrected chi connectivity index (χ1v) is 5.89. The number of fused-ring (bicyclic) bond motifs is 1. The molecular weight excluding hydrogens is 233 g/mol. The zero-order valence-corrected chi connectivity index (χ0v) is 8.38. The first-order valence-electron chi connectivity index (χ1n) is 3.78. The minimum Gasteiger partial charge on any atom is -0.166 e. The smallest absolute Gasteiger partial charge is 0.166 e. The lowest BCUT2D eigenvalue weighted by Gasteiger charge is -2.00. The van der Waals surface area contributed by atoms with Crippen LogP contribution in [0.2, 0.25) is 0 Å². The van der Waals surface area contributed by atoms with E-state index in [0.717, 1.165) is 5.38 Å². The highest BCUT2D eigenvalue weighted by Crippen LogP contribution is 2.44. The molecule has 2 rings (SSSR count). The fourth-order valence-electron chi connectivity index (χ4n) is 1.31. The van der Waals surface area contributed by atoms with Gasteiger partial charge in [-0.3, -0.25) is 0 Å². The Morgan fingerprint density at radius 3 is 2.43 bits per heavy atom. The summed E-state index contributed by atoms with van der Waals surface area (Å²) >= 11 is 0. The molecule has 1 unspecified atom stereocenters. The number of rotatable bonds is 0. The van der Waals surface area contributed by atoms with E-state index in [4.69, 9.17) is 10.7 Å². The van der Waals surface area contributed by atoms with E-state index in [-0.39, 0.29) is 5.39 Å². The molecule has 0 N–H and O–H groups in total. The van der Waals surface area contributed by atoms with Gasteiger partial charge in [-0.25, -0.2) is 0 Å². The predicted octanol–water partition coefficient (Wildman–Crippen LogP) is 4.61. The highest BCUT2D eigenvalue weighted by Gasteiger charge is 2.38. The molecule has 2 aromatic rings. The summed E-state index contributed by atoms with van der Waals surface area (Å²) in [6, 6.07) is 6.34. The molecule has 0 saturated carbocycles. The maximum Gasteiger partial charge on any atom is 0.421 e. The van der Waals surface area contributed by atoms with Crippen LogP contribution in [0.1, 0.15) is 5.56 Å². The fourth-order valence-corrected chi connectivity index (χ4v) is 3.17. The standard InChI is InChI=1S/C9H5ClF3S/c10-14-5-7(9(11,12)13)6-3-1-2-4-8(6)14/h1-5H/q+1. The van der Waals surface area contributed by atoms with Gasteiger partial charge in [0.05, 0.1) is 5.39 Å². The van der Waals surface area contributed by atoms with E-state index >= 15 is 0 Å². The number of halogens is 4. The van der Waals surface area contributed by atoms with E-state index in [0.29, 0.717) is 4.70 Å². The molecule has 1 heterocycles. The number of thiophene rings is 1. The zero-order chi connectivity index (χ0) is 10.3. The van der Waals surface area contributed by atoms with Crippen LogP contribution in [0.5, 0.6) is 0 Å². The molecule has 0 saturated heterocycles.